The number of ether oxygens (including phenoxy) is 1. The van der Waals surface area contributed by atoms with Gasteiger partial charge in [0.15, 0.2) is 0 Å². The van der Waals surface area contributed by atoms with Crippen LogP contribution in [0.15, 0.2) is 42.5 Å². The molecular weight excluding hydrogens is 453 g/mol. The number of anilines is 1. The number of carbonyl (C=O) groups excluding carboxylic acids is 3. The van der Waals surface area contributed by atoms with Crippen molar-refractivity contribution in [3.63, 3.8) is 0 Å². The number of rotatable bonds is 4. The van der Waals surface area contributed by atoms with Gasteiger partial charge in [-0.3, -0.25) is 4.79 Å². The highest BCUT2D eigenvalue weighted by molar-refractivity contribution is 7.87. The van der Waals surface area contributed by atoms with Crippen molar-refractivity contribution in [2.75, 3.05) is 19.5 Å². The Balaban J connectivity index is 0.00000107. The second-order valence-electron chi connectivity index (χ2n) is 6.42. The van der Waals surface area contributed by atoms with Crippen molar-refractivity contribution in [1.29, 1.82) is 0 Å². The Bertz CT molecular complexity index is 1070. The lowest BCUT2D eigenvalue weighted by atomic mass is 9.99. The van der Waals surface area contributed by atoms with Gasteiger partial charge in [0, 0.05) is 18.8 Å². The predicted molar refractivity (Wildman–Crippen MR) is 109 cm³/mol. The first-order valence-corrected chi connectivity index (χ1v) is 10.6. The minimum Gasteiger partial charge on any atom is -0.497 e. The zero-order chi connectivity index (χ0) is 23.2. The van der Waals surface area contributed by atoms with E-state index in [1.165, 1.54) is 26.3 Å². The van der Waals surface area contributed by atoms with Gasteiger partial charge in [-0.25, -0.2) is 4.39 Å². The third-order valence-electron chi connectivity index (χ3n) is 4.58. The molecule has 0 radical (unpaired) electrons. The average molecular weight is 472 g/mol. The molecule has 1 aliphatic rings. The summed E-state index contributed by atoms with van der Waals surface area (Å²) in [5.74, 6) is -0.503. The Labute approximate surface area is 183 Å². The summed E-state index contributed by atoms with van der Waals surface area (Å²) in [7, 11) is -1.01. The van der Waals surface area contributed by atoms with E-state index in [0.717, 1.165) is 10.4 Å². The number of hydrogen-bond acceptors (Lipinski definition) is 6. The molecule has 2 aromatic carbocycles. The molecule has 1 aliphatic heterocycles. The highest BCUT2D eigenvalue weighted by atomic mass is 35.5. The molecule has 1 saturated heterocycles. The molecule has 0 unspecified atom stereocenters. The zero-order valence-electron chi connectivity index (χ0n) is 16.5. The Morgan fingerprint density at radius 3 is 2.42 bits per heavy atom. The molecule has 2 atom stereocenters. The summed E-state index contributed by atoms with van der Waals surface area (Å²) in [5.41, 5.74) is 0.988. The van der Waals surface area contributed by atoms with E-state index in [1.807, 2.05) is 0 Å². The highest BCUT2D eigenvalue weighted by Crippen LogP contribution is 2.29. The number of methoxy groups -OCH3 is 1. The maximum atomic E-state index is 13.3. The number of halogens is 2. The molecule has 1 amide bonds. The zero-order valence-corrected chi connectivity index (χ0v) is 18.0. The van der Waals surface area contributed by atoms with Crippen LogP contribution in [0.5, 0.6) is 5.75 Å². The van der Waals surface area contributed by atoms with Gasteiger partial charge in [0.1, 0.15) is 17.6 Å². The van der Waals surface area contributed by atoms with Gasteiger partial charge in [-0.05, 0) is 42.3 Å². The van der Waals surface area contributed by atoms with Gasteiger partial charge in [0.25, 0.3) is 10.2 Å². The predicted octanol–water partition coefficient (Wildman–Crippen LogP) is 2.12. The van der Waals surface area contributed by atoms with Crippen LogP contribution in [-0.2, 0) is 24.6 Å². The van der Waals surface area contributed by atoms with Gasteiger partial charge in [0.05, 0.1) is 12.1 Å². The molecule has 2 aromatic rings. The van der Waals surface area contributed by atoms with Gasteiger partial charge < -0.3 is 10.1 Å². The standard InChI is InChI=1S/C18H19ClFN3O4S.CO2/c1-23-17(18(24)21-12-5-8-15(20)14(19)9-12)10-16(22-28(23,25)26)11-3-6-13(27-2)7-4-11;2-1-3/h3-9,16-17,22H,10H2,1-2H3,(H,21,24);/t16-,17+;/m1./s1. The number of carbonyl (C=O) groups is 1. The topological polar surface area (TPSA) is 122 Å². The highest BCUT2D eigenvalue weighted by Gasteiger charge is 2.40. The fourth-order valence-electron chi connectivity index (χ4n) is 2.96. The molecule has 0 aliphatic carbocycles. The normalized spacial score (nSPS) is 20.0. The Morgan fingerprint density at radius 1 is 1.26 bits per heavy atom. The third-order valence-corrected chi connectivity index (χ3v) is 6.46. The van der Waals surface area contributed by atoms with Gasteiger partial charge in [-0.2, -0.15) is 27.0 Å². The first-order chi connectivity index (χ1) is 14.6. The number of amides is 1. The SMILES string of the molecule is COc1ccc([C@H]2C[C@@H](C(=O)Nc3ccc(F)c(Cl)c3)N(C)S(=O)(=O)N2)cc1.O=C=O. The van der Waals surface area contributed by atoms with Crippen molar-refractivity contribution in [3.8, 4) is 5.75 Å². The van der Waals surface area contributed by atoms with E-state index in [2.05, 4.69) is 10.0 Å². The molecule has 12 heteroatoms. The van der Waals surface area contributed by atoms with Crippen molar-refractivity contribution in [1.82, 2.24) is 9.03 Å². The summed E-state index contributed by atoms with van der Waals surface area (Å²) in [6.07, 6.45) is 0.461. The lowest BCUT2D eigenvalue weighted by Crippen LogP contribution is -2.55. The smallest absolute Gasteiger partial charge is 0.373 e. The number of benzene rings is 2. The van der Waals surface area contributed by atoms with E-state index in [9.17, 15) is 17.6 Å². The van der Waals surface area contributed by atoms with E-state index < -0.39 is 34.0 Å². The van der Waals surface area contributed by atoms with Gasteiger partial charge in [0.2, 0.25) is 5.91 Å². The van der Waals surface area contributed by atoms with Crippen LogP contribution < -0.4 is 14.8 Å². The monoisotopic (exact) mass is 471 g/mol. The van der Waals surface area contributed by atoms with Crippen LogP contribution >= 0.6 is 11.6 Å². The van der Waals surface area contributed by atoms with Crippen molar-refractivity contribution in [2.45, 2.75) is 18.5 Å². The van der Waals surface area contributed by atoms with Crippen LogP contribution in [0.25, 0.3) is 0 Å². The summed E-state index contributed by atoms with van der Waals surface area (Å²) in [4.78, 5) is 29.0. The largest absolute Gasteiger partial charge is 0.497 e. The van der Waals surface area contributed by atoms with Crippen molar-refractivity contribution in [3.05, 3.63) is 58.9 Å². The van der Waals surface area contributed by atoms with E-state index in [1.54, 1.807) is 24.3 Å². The molecule has 2 N–H and O–H groups in total. The van der Waals surface area contributed by atoms with Gasteiger partial charge in [-0.15, -0.1) is 0 Å². The molecule has 0 bridgehead atoms. The van der Waals surface area contributed by atoms with E-state index in [4.69, 9.17) is 25.9 Å². The third kappa shape index (κ3) is 6.09. The summed E-state index contributed by atoms with van der Waals surface area (Å²) in [6.45, 7) is 0. The van der Waals surface area contributed by atoms with Crippen LogP contribution in [-0.4, -0.2) is 45.0 Å². The summed E-state index contributed by atoms with van der Waals surface area (Å²) < 4.78 is 46.9. The maximum absolute atomic E-state index is 13.3. The van der Waals surface area contributed by atoms with E-state index in [-0.39, 0.29) is 23.3 Å². The molecule has 1 fully saturated rings. The van der Waals surface area contributed by atoms with E-state index in [0.29, 0.717) is 11.3 Å². The number of nitrogens with one attached hydrogen (secondary N) is 2. The summed E-state index contributed by atoms with van der Waals surface area (Å²) in [6, 6.07) is 9.14. The lowest BCUT2D eigenvalue weighted by Gasteiger charge is -2.36. The molecule has 9 nitrogen and oxygen atoms in total. The Kier molecular flexibility index (Phi) is 8.26. The van der Waals surface area contributed by atoms with Crippen molar-refractivity contribution >= 4 is 39.6 Å². The number of nitrogens with zero attached hydrogens (tertiary/aromatic N) is 1. The minimum atomic E-state index is -3.87. The average Bonchev–Trinajstić information content (AvgIpc) is 2.73. The number of hydrogen-bond donors (Lipinski definition) is 2. The summed E-state index contributed by atoms with van der Waals surface area (Å²) >= 11 is 5.73. The van der Waals surface area contributed by atoms with Crippen LogP contribution in [0.3, 0.4) is 0 Å². The van der Waals surface area contributed by atoms with Crippen LogP contribution in [0.1, 0.15) is 18.0 Å². The maximum Gasteiger partial charge on any atom is 0.373 e. The van der Waals surface area contributed by atoms with Crippen molar-refractivity contribution in [2.24, 2.45) is 0 Å². The molecular formula is C19H19ClFN3O6S. The second kappa shape index (κ2) is 10.5. The first-order valence-electron chi connectivity index (χ1n) is 8.77. The molecule has 0 spiro atoms. The Hall–Kier alpha value is -2.82. The molecule has 0 saturated carbocycles. The molecule has 0 aromatic heterocycles. The Morgan fingerprint density at radius 2 is 1.87 bits per heavy atom. The van der Waals surface area contributed by atoms with Crippen LogP contribution in [0, 0.1) is 5.82 Å². The van der Waals surface area contributed by atoms with Crippen molar-refractivity contribution < 1.29 is 31.9 Å². The number of likely N-dealkylation sites (N-methyl/N-ethyl adjacent to an activating group) is 1. The minimum absolute atomic E-state index is 0.139. The van der Waals surface area contributed by atoms with Gasteiger partial charge >= 0.3 is 6.15 Å². The van der Waals surface area contributed by atoms with E-state index >= 15 is 0 Å². The fourth-order valence-corrected chi connectivity index (χ4v) is 4.42. The molecule has 166 valence electrons. The lowest BCUT2D eigenvalue weighted by molar-refractivity contribution is -0.191. The molecule has 31 heavy (non-hydrogen) atoms. The molecule has 1 heterocycles. The first kappa shape index (κ1) is 24.4. The summed E-state index contributed by atoms with van der Waals surface area (Å²) in [5, 5.41) is 2.46. The second-order valence-corrected chi connectivity index (χ2v) is 8.59. The molecule has 3 rings (SSSR count). The van der Waals surface area contributed by atoms with Crippen LogP contribution in [0.4, 0.5) is 10.1 Å². The quantitative estimate of drug-likeness (QED) is 0.704. The fraction of sp³-hybridized carbons (Fsp3) is 0.263. The van der Waals surface area contributed by atoms with Crippen LogP contribution in [0.2, 0.25) is 5.02 Å². The van der Waals surface area contributed by atoms with Gasteiger partial charge in [-0.1, -0.05) is 23.7 Å².